The fraction of sp³-hybridized carbons (Fsp3) is 0.0556. The summed E-state index contributed by atoms with van der Waals surface area (Å²) < 4.78 is 2.09. The van der Waals surface area contributed by atoms with E-state index >= 15 is 0 Å². The molecule has 2 aromatic carbocycles. The van der Waals surface area contributed by atoms with Crippen LogP contribution in [-0.2, 0) is 0 Å². The van der Waals surface area contributed by atoms with Gasteiger partial charge in [0.25, 0.3) is 0 Å². The van der Waals surface area contributed by atoms with Crippen molar-refractivity contribution in [1.82, 2.24) is 19.5 Å². The molecule has 0 amide bonds. The van der Waals surface area contributed by atoms with Crippen LogP contribution in [0.25, 0.3) is 28.0 Å². The van der Waals surface area contributed by atoms with Gasteiger partial charge in [-0.05, 0) is 36.6 Å². The molecule has 5 heteroatoms. The normalized spacial score (nSPS) is 11.0. The van der Waals surface area contributed by atoms with E-state index in [0.717, 1.165) is 33.1 Å². The minimum Gasteiger partial charge on any atom is -0.299 e. The highest BCUT2D eigenvalue weighted by atomic mass is 32.2. The van der Waals surface area contributed by atoms with Gasteiger partial charge in [0, 0.05) is 17.4 Å². The van der Waals surface area contributed by atoms with Crippen molar-refractivity contribution in [2.45, 2.75) is 5.16 Å². The molecule has 4 nitrogen and oxygen atoms in total. The van der Waals surface area contributed by atoms with E-state index in [1.54, 1.807) is 18.0 Å². The topological polar surface area (TPSA) is 43.6 Å². The second-order valence-corrected chi connectivity index (χ2v) is 5.86. The van der Waals surface area contributed by atoms with E-state index in [9.17, 15) is 0 Å². The minimum atomic E-state index is 0.775. The Balaban J connectivity index is 1.81. The van der Waals surface area contributed by atoms with Crippen molar-refractivity contribution in [3.63, 3.8) is 0 Å². The molecule has 0 fully saturated rings. The number of hydrogen-bond donors (Lipinski definition) is 0. The SMILES string of the molecule is CSc1nccc(-c2ccc3c(c2)ncn3-c2ccccc2)n1. The van der Waals surface area contributed by atoms with Crippen LogP contribution in [0.5, 0.6) is 0 Å². The van der Waals surface area contributed by atoms with Crippen molar-refractivity contribution in [2.24, 2.45) is 0 Å². The van der Waals surface area contributed by atoms with Gasteiger partial charge in [-0.15, -0.1) is 0 Å². The molecule has 0 saturated heterocycles. The highest BCUT2D eigenvalue weighted by Gasteiger charge is 2.08. The molecular weight excluding hydrogens is 304 g/mol. The molecular formula is C18H14N4S. The average Bonchev–Trinajstić information content (AvgIpc) is 3.05. The van der Waals surface area contributed by atoms with Gasteiger partial charge in [0.05, 0.1) is 16.7 Å². The predicted octanol–water partition coefficient (Wildman–Crippen LogP) is 4.20. The van der Waals surface area contributed by atoms with E-state index in [1.807, 2.05) is 36.8 Å². The van der Waals surface area contributed by atoms with Crippen LogP contribution >= 0.6 is 11.8 Å². The van der Waals surface area contributed by atoms with Gasteiger partial charge in [-0.3, -0.25) is 4.57 Å². The lowest BCUT2D eigenvalue weighted by molar-refractivity contribution is 0.976. The van der Waals surface area contributed by atoms with E-state index in [4.69, 9.17) is 0 Å². The van der Waals surface area contributed by atoms with Crippen LogP contribution < -0.4 is 0 Å². The Morgan fingerprint density at radius 1 is 0.957 bits per heavy atom. The van der Waals surface area contributed by atoms with Crippen LogP contribution in [0.15, 0.2) is 72.3 Å². The summed E-state index contributed by atoms with van der Waals surface area (Å²) in [6.45, 7) is 0. The number of aromatic nitrogens is 4. The molecule has 0 saturated carbocycles. The first kappa shape index (κ1) is 14.0. The molecule has 0 aliphatic carbocycles. The Morgan fingerprint density at radius 2 is 1.83 bits per heavy atom. The van der Waals surface area contributed by atoms with Gasteiger partial charge in [-0.25, -0.2) is 15.0 Å². The lowest BCUT2D eigenvalue weighted by Crippen LogP contribution is -1.91. The third-order valence-corrected chi connectivity index (χ3v) is 4.26. The maximum atomic E-state index is 4.55. The average molecular weight is 318 g/mol. The molecule has 2 aromatic heterocycles. The molecule has 0 radical (unpaired) electrons. The first-order valence-corrected chi connectivity index (χ1v) is 8.47. The number of nitrogens with zero attached hydrogens (tertiary/aromatic N) is 4. The summed E-state index contributed by atoms with van der Waals surface area (Å²) >= 11 is 1.54. The summed E-state index contributed by atoms with van der Waals surface area (Å²) in [5.74, 6) is 0. The molecule has 0 bridgehead atoms. The van der Waals surface area contributed by atoms with Crippen LogP contribution in [-0.4, -0.2) is 25.8 Å². The minimum absolute atomic E-state index is 0.775. The third-order valence-electron chi connectivity index (χ3n) is 3.69. The quantitative estimate of drug-likeness (QED) is 0.419. The van der Waals surface area contributed by atoms with E-state index in [0.29, 0.717) is 0 Å². The van der Waals surface area contributed by atoms with Crippen LogP contribution in [0.1, 0.15) is 0 Å². The van der Waals surface area contributed by atoms with E-state index in [-0.39, 0.29) is 0 Å². The van der Waals surface area contributed by atoms with Gasteiger partial charge in [0.15, 0.2) is 5.16 Å². The second kappa shape index (κ2) is 5.85. The zero-order valence-corrected chi connectivity index (χ0v) is 13.4. The number of imidazole rings is 1. The third kappa shape index (κ3) is 2.59. The van der Waals surface area contributed by atoms with Gasteiger partial charge in [-0.1, -0.05) is 36.0 Å². The number of para-hydroxylation sites is 1. The van der Waals surface area contributed by atoms with Crippen LogP contribution in [0.2, 0.25) is 0 Å². The Labute approximate surface area is 138 Å². The smallest absolute Gasteiger partial charge is 0.187 e. The van der Waals surface area contributed by atoms with Crippen molar-refractivity contribution >= 4 is 22.8 Å². The van der Waals surface area contributed by atoms with Crippen molar-refractivity contribution in [2.75, 3.05) is 6.26 Å². The van der Waals surface area contributed by atoms with E-state index < -0.39 is 0 Å². The molecule has 4 aromatic rings. The van der Waals surface area contributed by atoms with E-state index in [1.165, 1.54) is 0 Å². The Morgan fingerprint density at radius 3 is 2.65 bits per heavy atom. The maximum Gasteiger partial charge on any atom is 0.187 e. The highest BCUT2D eigenvalue weighted by molar-refractivity contribution is 7.98. The summed E-state index contributed by atoms with van der Waals surface area (Å²) in [5.41, 5.74) is 5.11. The summed E-state index contributed by atoms with van der Waals surface area (Å²) in [6, 6.07) is 18.4. The number of thioether (sulfide) groups is 1. The zero-order valence-electron chi connectivity index (χ0n) is 12.5. The molecule has 0 aliphatic rings. The van der Waals surface area contributed by atoms with Crippen molar-refractivity contribution in [3.8, 4) is 16.9 Å². The second-order valence-electron chi connectivity index (χ2n) is 5.08. The zero-order chi connectivity index (χ0) is 15.6. The van der Waals surface area contributed by atoms with E-state index in [2.05, 4.69) is 49.9 Å². The molecule has 23 heavy (non-hydrogen) atoms. The lowest BCUT2D eigenvalue weighted by atomic mass is 10.1. The summed E-state index contributed by atoms with van der Waals surface area (Å²) in [6.07, 6.45) is 5.63. The molecule has 0 spiro atoms. The Kier molecular flexibility index (Phi) is 3.55. The van der Waals surface area contributed by atoms with Gasteiger partial charge in [0.2, 0.25) is 0 Å². The van der Waals surface area contributed by atoms with Gasteiger partial charge in [0.1, 0.15) is 6.33 Å². The maximum absolute atomic E-state index is 4.55. The van der Waals surface area contributed by atoms with Gasteiger partial charge >= 0.3 is 0 Å². The Bertz CT molecular complexity index is 963. The molecule has 0 N–H and O–H groups in total. The fourth-order valence-corrected chi connectivity index (χ4v) is 2.92. The molecule has 0 aliphatic heterocycles. The Hall–Kier alpha value is -2.66. The summed E-state index contributed by atoms with van der Waals surface area (Å²) in [5, 5.41) is 0.775. The predicted molar refractivity (Wildman–Crippen MR) is 93.9 cm³/mol. The van der Waals surface area contributed by atoms with Crippen LogP contribution in [0.3, 0.4) is 0 Å². The fourth-order valence-electron chi connectivity index (χ4n) is 2.57. The molecule has 112 valence electrons. The van der Waals surface area contributed by atoms with Crippen molar-refractivity contribution in [1.29, 1.82) is 0 Å². The number of rotatable bonds is 3. The first-order valence-electron chi connectivity index (χ1n) is 7.25. The summed E-state index contributed by atoms with van der Waals surface area (Å²) in [7, 11) is 0. The number of hydrogen-bond acceptors (Lipinski definition) is 4. The molecule has 0 atom stereocenters. The molecule has 4 rings (SSSR count). The summed E-state index contributed by atoms with van der Waals surface area (Å²) in [4.78, 5) is 13.3. The standard InChI is InChI=1S/C18H14N4S/c1-23-18-19-10-9-15(21-18)13-7-8-17-16(11-13)20-12-22(17)14-5-3-2-4-6-14/h2-12H,1H3. The van der Waals surface area contributed by atoms with Crippen LogP contribution in [0.4, 0.5) is 0 Å². The highest BCUT2D eigenvalue weighted by Crippen LogP contribution is 2.25. The monoisotopic (exact) mass is 318 g/mol. The van der Waals surface area contributed by atoms with Gasteiger partial charge < -0.3 is 0 Å². The largest absolute Gasteiger partial charge is 0.299 e. The van der Waals surface area contributed by atoms with Crippen LogP contribution in [0, 0.1) is 0 Å². The van der Waals surface area contributed by atoms with Crippen molar-refractivity contribution < 1.29 is 0 Å². The molecule has 0 unspecified atom stereocenters. The lowest BCUT2D eigenvalue weighted by Gasteiger charge is -2.05. The first-order chi connectivity index (χ1) is 11.3. The van der Waals surface area contributed by atoms with Crippen molar-refractivity contribution in [3.05, 3.63) is 67.1 Å². The number of benzene rings is 2. The van der Waals surface area contributed by atoms with Gasteiger partial charge in [-0.2, -0.15) is 0 Å². The number of fused-ring (bicyclic) bond motifs is 1. The molecule has 2 heterocycles.